The Bertz CT molecular complexity index is 281. The van der Waals surface area contributed by atoms with Crippen molar-refractivity contribution in [1.82, 2.24) is 4.90 Å². The summed E-state index contributed by atoms with van der Waals surface area (Å²) in [5, 5.41) is 10.1. The van der Waals surface area contributed by atoms with E-state index in [0.717, 1.165) is 6.42 Å². The summed E-state index contributed by atoms with van der Waals surface area (Å²) in [5.74, 6) is 0. The molecule has 2 nitrogen and oxygen atoms in total. The zero-order valence-electron chi connectivity index (χ0n) is 17.5. The first kappa shape index (κ1) is 23.0. The molecular weight excluding hydrogens is 306 g/mol. The fraction of sp³-hybridized carbons (Fsp3) is 1.00. The van der Waals surface area contributed by atoms with Crippen LogP contribution in [0.2, 0.25) is 0 Å². The zero-order chi connectivity index (χ0) is 18.2. The van der Waals surface area contributed by atoms with Crippen LogP contribution in [-0.4, -0.2) is 35.7 Å². The molecule has 2 unspecified atom stereocenters. The molecule has 0 aliphatic heterocycles. The Kier molecular flexibility index (Phi) is 14.8. The van der Waals surface area contributed by atoms with E-state index in [2.05, 4.69) is 18.9 Å². The molecule has 25 heavy (non-hydrogen) atoms. The van der Waals surface area contributed by atoms with Crippen LogP contribution in [0, 0.1) is 0 Å². The fourth-order valence-electron chi connectivity index (χ4n) is 4.33. The van der Waals surface area contributed by atoms with Gasteiger partial charge in [-0.15, -0.1) is 0 Å². The van der Waals surface area contributed by atoms with Crippen molar-refractivity contribution in [2.24, 2.45) is 0 Å². The van der Waals surface area contributed by atoms with E-state index in [1.54, 1.807) is 0 Å². The van der Waals surface area contributed by atoms with Gasteiger partial charge < -0.3 is 10.0 Å². The highest BCUT2D eigenvalue weighted by Gasteiger charge is 2.25. The number of aliphatic hydroxyl groups is 1. The second-order valence-electron chi connectivity index (χ2n) is 8.50. The zero-order valence-corrected chi connectivity index (χ0v) is 17.5. The molecule has 0 heterocycles. The van der Waals surface area contributed by atoms with Crippen molar-refractivity contribution in [3.8, 4) is 0 Å². The third-order valence-corrected chi connectivity index (χ3v) is 6.12. The molecule has 2 atom stereocenters. The topological polar surface area (TPSA) is 23.5 Å². The van der Waals surface area contributed by atoms with Crippen LogP contribution in [0.1, 0.15) is 122 Å². The van der Waals surface area contributed by atoms with Crippen LogP contribution in [0.15, 0.2) is 0 Å². The van der Waals surface area contributed by atoms with Gasteiger partial charge in [0.2, 0.25) is 0 Å². The van der Waals surface area contributed by atoms with Gasteiger partial charge in [-0.05, 0) is 32.9 Å². The highest BCUT2D eigenvalue weighted by Crippen LogP contribution is 2.22. The first-order valence-corrected chi connectivity index (χ1v) is 11.6. The lowest BCUT2D eigenvalue weighted by atomic mass is 9.91. The molecule has 0 spiro atoms. The molecule has 0 aromatic carbocycles. The molecule has 0 aromatic rings. The minimum Gasteiger partial charge on any atom is -0.391 e. The summed E-state index contributed by atoms with van der Waals surface area (Å²) in [6, 6.07) is 0.427. The lowest BCUT2D eigenvalue weighted by Crippen LogP contribution is -2.43. The van der Waals surface area contributed by atoms with E-state index in [4.69, 9.17) is 0 Å². The van der Waals surface area contributed by atoms with Gasteiger partial charge in [0, 0.05) is 6.04 Å². The van der Waals surface area contributed by atoms with Crippen molar-refractivity contribution in [1.29, 1.82) is 0 Å². The van der Waals surface area contributed by atoms with Crippen LogP contribution in [0.3, 0.4) is 0 Å². The van der Waals surface area contributed by atoms with Crippen molar-refractivity contribution in [2.45, 2.75) is 135 Å². The minimum absolute atomic E-state index is 0.0783. The van der Waals surface area contributed by atoms with Crippen molar-refractivity contribution in [2.75, 3.05) is 13.6 Å². The Morgan fingerprint density at radius 1 is 0.680 bits per heavy atom. The van der Waals surface area contributed by atoms with E-state index < -0.39 is 0 Å². The number of nitrogens with zero attached hydrogens (tertiary/aromatic N) is 1. The van der Waals surface area contributed by atoms with Crippen LogP contribution in [-0.2, 0) is 0 Å². The van der Waals surface area contributed by atoms with E-state index in [9.17, 15) is 5.11 Å². The Morgan fingerprint density at radius 2 is 1.12 bits per heavy atom. The van der Waals surface area contributed by atoms with Crippen LogP contribution in [0.25, 0.3) is 0 Å². The molecule has 0 aromatic heterocycles. The third-order valence-electron chi connectivity index (χ3n) is 6.12. The SMILES string of the molecule is CCCCCCCCCCCCCCCCN(C)C1CCCCC1O. The molecule has 1 fully saturated rings. The van der Waals surface area contributed by atoms with Crippen LogP contribution in [0.4, 0.5) is 0 Å². The molecule has 1 rings (SSSR count). The van der Waals surface area contributed by atoms with Crippen LogP contribution in [0.5, 0.6) is 0 Å². The highest BCUT2D eigenvalue weighted by molar-refractivity contribution is 4.81. The quantitative estimate of drug-likeness (QED) is 0.312. The predicted octanol–water partition coefficient (Wildman–Crippen LogP) is 6.70. The lowest BCUT2D eigenvalue weighted by Gasteiger charge is -2.35. The Morgan fingerprint density at radius 3 is 1.60 bits per heavy atom. The molecule has 0 bridgehead atoms. The van der Waals surface area contributed by atoms with Crippen molar-refractivity contribution in [3.05, 3.63) is 0 Å². The first-order chi connectivity index (χ1) is 12.3. The predicted molar refractivity (Wildman–Crippen MR) is 111 cm³/mol. The average molecular weight is 354 g/mol. The third kappa shape index (κ3) is 12.0. The van der Waals surface area contributed by atoms with Crippen LogP contribution < -0.4 is 0 Å². The number of rotatable bonds is 16. The van der Waals surface area contributed by atoms with Gasteiger partial charge in [-0.25, -0.2) is 0 Å². The van der Waals surface area contributed by atoms with E-state index in [0.29, 0.717) is 6.04 Å². The monoisotopic (exact) mass is 353 g/mol. The van der Waals surface area contributed by atoms with Gasteiger partial charge in [0.25, 0.3) is 0 Å². The maximum absolute atomic E-state index is 10.1. The smallest absolute Gasteiger partial charge is 0.0695 e. The van der Waals surface area contributed by atoms with Gasteiger partial charge in [0.05, 0.1) is 6.10 Å². The summed E-state index contributed by atoms with van der Waals surface area (Å²) in [6.07, 6.45) is 24.5. The maximum Gasteiger partial charge on any atom is 0.0695 e. The van der Waals surface area contributed by atoms with Gasteiger partial charge >= 0.3 is 0 Å². The summed E-state index contributed by atoms with van der Waals surface area (Å²) in [4.78, 5) is 2.42. The maximum atomic E-state index is 10.1. The Balaban J connectivity index is 1.80. The molecular formula is C23H47NO. The van der Waals surface area contributed by atoms with Gasteiger partial charge in [-0.3, -0.25) is 0 Å². The van der Waals surface area contributed by atoms with E-state index >= 15 is 0 Å². The van der Waals surface area contributed by atoms with E-state index in [-0.39, 0.29) is 6.10 Å². The number of unbranched alkanes of at least 4 members (excludes halogenated alkanes) is 13. The first-order valence-electron chi connectivity index (χ1n) is 11.6. The summed E-state index contributed by atoms with van der Waals surface area (Å²) in [6.45, 7) is 3.46. The number of hydrogen-bond acceptors (Lipinski definition) is 2. The standard InChI is InChI=1S/C23H47NO/c1-3-4-5-6-7-8-9-10-11-12-13-14-15-18-21-24(2)22-19-16-17-20-23(22)25/h22-23,25H,3-21H2,1-2H3. The summed E-state index contributed by atoms with van der Waals surface area (Å²) in [5.41, 5.74) is 0. The highest BCUT2D eigenvalue weighted by atomic mass is 16.3. The lowest BCUT2D eigenvalue weighted by molar-refractivity contribution is 0.0315. The van der Waals surface area contributed by atoms with Crippen molar-refractivity contribution in [3.63, 3.8) is 0 Å². The van der Waals surface area contributed by atoms with E-state index in [1.807, 2.05) is 0 Å². The molecule has 1 saturated carbocycles. The number of aliphatic hydroxyl groups excluding tert-OH is 1. The number of likely N-dealkylation sites (N-methyl/N-ethyl adjacent to an activating group) is 1. The minimum atomic E-state index is -0.0783. The Hall–Kier alpha value is -0.0800. The molecule has 150 valence electrons. The fourth-order valence-corrected chi connectivity index (χ4v) is 4.33. The molecule has 0 amide bonds. The second-order valence-corrected chi connectivity index (χ2v) is 8.50. The molecule has 0 saturated heterocycles. The summed E-state index contributed by atoms with van der Waals surface area (Å²) >= 11 is 0. The van der Waals surface area contributed by atoms with Gasteiger partial charge in [-0.1, -0.05) is 103 Å². The molecule has 1 aliphatic rings. The molecule has 0 radical (unpaired) electrons. The average Bonchev–Trinajstić information content (AvgIpc) is 2.62. The van der Waals surface area contributed by atoms with E-state index in [1.165, 1.54) is 116 Å². The second kappa shape index (κ2) is 16.1. The van der Waals surface area contributed by atoms with Crippen LogP contribution >= 0.6 is 0 Å². The largest absolute Gasteiger partial charge is 0.391 e. The molecule has 2 heteroatoms. The van der Waals surface area contributed by atoms with Crippen molar-refractivity contribution >= 4 is 0 Å². The normalized spacial score (nSPS) is 21.1. The van der Waals surface area contributed by atoms with Crippen molar-refractivity contribution < 1.29 is 5.11 Å². The van der Waals surface area contributed by atoms with Gasteiger partial charge in [0.15, 0.2) is 0 Å². The Labute approximate surface area is 158 Å². The molecule has 1 N–H and O–H groups in total. The van der Waals surface area contributed by atoms with Gasteiger partial charge in [-0.2, -0.15) is 0 Å². The molecule has 1 aliphatic carbocycles. The van der Waals surface area contributed by atoms with Gasteiger partial charge in [0.1, 0.15) is 0 Å². The summed E-state index contributed by atoms with van der Waals surface area (Å²) in [7, 11) is 2.21. The number of hydrogen-bond donors (Lipinski definition) is 1. The summed E-state index contributed by atoms with van der Waals surface area (Å²) < 4.78 is 0.